The Morgan fingerprint density at radius 2 is 1.18 bits per heavy atom. The van der Waals surface area contributed by atoms with Crippen LogP contribution in [0.4, 0.5) is 0 Å². The average molecular weight is 719 g/mol. The molecule has 0 fully saturated rings. The highest BCUT2D eigenvalue weighted by Gasteiger charge is 2.28. The third-order valence-electron chi connectivity index (χ3n) is 8.00. The lowest BCUT2D eigenvalue weighted by Gasteiger charge is -2.20. The molecule has 0 aliphatic rings. The summed E-state index contributed by atoms with van der Waals surface area (Å²) in [6, 6.07) is 5.95. The van der Waals surface area contributed by atoms with E-state index in [2.05, 4.69) is 16.0 Å². The standard InChI is InChI=1S/C32H38N4O11S2/c1-17(2)32(42)47-25-15-24(37)18-9-11-20-26(48(43,44)35-13-5-3-7-22(33)30(38)39)16-27(21-12-10-19(25)28(18)29(20)21)49(45,46)36-14-6-4-8-23(34)31(40)41/h9-12,15-16,22-23,35-37H,1,3-8,13-14,33-34H2,2H3,(H,38,39)(H,40,41). The fourth-order valence-electron chi connectivity index (χ4n) is 5.39. The number of aromatic hydroxyl groups is 1. The molecule has 0 radical (unpaired) electrons. The number of nitrogens with two attached hydrogens (primary N) is 2. The fourth-order valence-corrected chi connectivity index (χ4v) is 8.07. The first-order chi connectivity index (χ1) is 23.0. The van der Waals surface area contributed by atoms with Crippen LogP contribution in [0.5, 0.6) is 11.5 Å². The van der Waals surface area contributed by atoms with Gasteiger partial charge < -0.3 is 31.5 Å². The second kappa shape index (κ2) is 15.0. The van der Waals surface area contributed by atoms with Crippen molar-refractivity contribution in [1.29, 1.82) is 0 Å². The number of carbonyl (C=O) groups is 3. The van der Waals surface area contributed by atoms with Crippen molar-refractivity contribution in [3.8, 4) is 11.5 Å². The topological polar surface area (TPSA) is 266 Å². The van der Waals surface area contributed by atoms with E-state index in [9.17, 15) is 36.3 Å². The van der Waals surface area contributed by atoms with Gasteiger partial charge in [0.15, 0.2) is 0 Å². The first-order valence-corrected chi connectivity index (χ1v) is 18.2. The maximum Gasteiger partial charge on any atom is 0.338 e. The Morgan fingerprint density at radius 1 is 0.755 bits per heavy atom. The number of ether oxygens (including phenoxy) is 1. The lowest BCUT2D eigenvalue weighted by molar-refractivity contribution is -0.139. The number of esters is 1. The highest BCUT2D eigenvalue weighted by atomic mass is 32.2. The van der Waals surface area contributed by atoms with Crippen molar-refractivity contribution < 1.29 is 51.3 Å². The van der Waals surface area contributed by atoms with E-state index < -0.39 is 50.0 Å². The molecule has 0 saturated carbocycles. The van der Waals surface area contributed by atoms with Crippen LogP contribution in [0, 0.1) is 0 Å². The fraction of sp³-hybridized carbons (Fsp3) is 0.344. The molecular weight excluding hydrogens is 681 g/mol. The Morgan fingerprint density at radius 3 is 1.63 bits per heavy atom. The molecule has 0 aliphatic carbocycles. The normalized spacial score (nSPS) is 13.5. The predicted octanol–water partition coefficient (Wildman–Crippen LogP) is 2.49. The molecule has 9 N–H and O–H groups in total. The second-order valence-electron chi connectivity index (χ2n) is 11.7. The zero-order valence-corrected chi connectivity index (χ0v) is 28.2. The summed E-state index contributed by atoms with van der Waals surface area (Å²) in [5.41, 5.74) is 11.1. The lowest BCUT2D eigenvalue weighted by Crippen LogP contribution is -2.31. The van der Waals surface area contributed by atoms with Gasteiger partial charge in [-0.1, -0.05) is 31.6 Å². The van der Waals surface area contributed by atoms with Gasteiger partial charge in [-0.15, -0.1) is 0 Å². The first kappa shape index (κ1) is 37.4. The number of hydrogen-bond donors (Lipinski definition) is 7. The van der Waals surface area contributed by atoms with Crippen molar-refractivity contribution in [2.24, 2.45) is 11.5 Å². The minimum absolute atomic E-state index is 0.0551. The van der Waals surface area contributed by atoms with E-state index in [1.165, 1.54) is 37.3 Å². The SMILES string of the molecule is C=C(C)C(=O)Oc1cc(O)c2ccc3c(S(=O)(=O)NCCCCC(N)C(=O)O)cc(S(=O)(=O)NCCCCC(N)C(=O)O)c4ccc1c2c34. The summed E-state index contributed by atoms with van der Waals surface area (Å²) in [5, 5.41) is 30.1. The van der Waals surface area contributed by atoms with E-state index in [4.69, 9.17) is 26.4 Å². The molecule has 0 heterocycles. The van der Waals surface area contributed by atoms with Gasteiger partial charge in [0.2, 0.25) is 20.0 Å². The molecule has 15 nitrogen and oxygen atoms in total. The number of carboxylic acid groups (broad SMARTS) is 2. The van der Waals surface area contributed by atoms with Gasteiger partial charge in [0, 0.05) is 57.0 Å². The molecular formula is C32H38N4O11S2. The molecule has 0 spiro atoms. The predicted molar refractivity (Wildman–Crippen MR) is 182 cm³/mol. The van der Waals surface area contributed by atoms with E-state index in [1.807, 2.05) is 0 Å². The van der Waals surface area contributed by atoms with Gasteiger partial charge in [-0.2, -0.15) is 0 Å². The molecule has 0 bridgehead atoms. The molecule has 4 aromatic carbocycles. The van der Waals surface area contributed by atoms with Crippen molar-refractivity contribution in [3.63, 3.8) is 0 Å². The van der Waals surface area contributed by atoms with Crippen LogP contribution in [0.3, 0.4) is 0 Å². The molecule has 2 atom stereocenters. The first-order valence-electron chi connectivity index (χ1n) is 15.3. The minimum atomic E-state index is -4.40. The molecule has 4 rings (SSSR count). The number of benzene rings is 4. The second-order valence-corrected chi connectivity index (χ2v) is 15.2. The van der Waals surface area contributed by atoms with Gasteiger partial charge in [0.05, 0.1) is 9.79 Å². The average Bonchev–Trinajstić information content (AvgIpc) is 3.03. The van der Waals surface area contributed by atoms with E-state index in [0.717, 1.165) is 6.07 Å². The number of unbranched alkanes of at least 4 members (excludes halogenated alkanes) is 2. The summed E-state index contributed by atoms with van der Waals surface area (Å²) in [6.45, 7) is 4.81. The van der Waals surface area contributed by atoms with Gasteiger partial charge >= 0.3 is 17.9 Å². The molecule has 4 aromatic rings. The molecule has 0 amide bonds. The van der Waals surface area contributed by atoms with Gasteiger partial charge in [0.25, 0.3) is 0 Å². The Labute approximate surface area is 282 Å². The molecule has 0 aromatic heterocycles. The quantitative estimate of drug-likeness (QED) is 0.0257. The summed E-state index contributed by atoms with van der Waals surface area (Å²) in [5.74, 6) is -3.49. The summed E-state index contributed by atoms with van der Waals surface area (Å²) in [7, 11) is -8.80. The summed E-state index contributed by atoms with van der Waals surface area (Å²) < 4.78 is 65.6. The largest absolute Gasteiger partial charge is 0.507 e. The van der Waals surface area contributed by atoms with Crippen molar-refractivity contribution in [2.45, 2.75) is 67.3 Å². The molecule has 264 valence electrons. The Bertz CT molecular complexity index is 2070. The number of sulfonamides is 2. The van der Waals surface area contributed by atoms with Crippen LogP contribution in [0.2, 0.25) is 0 Å². The van der Waals surface area contributed by atoms with Crippen molar-refractivity contribution in [2.75, 3.05) is 13.1 Å². The van der Waals surface area contributed by atoms with E-state index >= 15 is 0 Å². The molecule has 49 heavy (non-hydrogen) atoms. The number of hydrogen-bond acceptors (Lipinski definition) is 11. The number of aliphatic carboxylic acids is 2. The number of carbonyl (C=O) groups excluding carboxylic acids is 1. The van der Waals surface area contributed by atoms with Crippen molar-refractivity contribution in [1.82, 2.24) is 9.44 Å². The van der Waals surface area contributed by atoms with Crippen LogP contribution >= 0.6 is 0 Å². The Balaban J connectivity index is 1.83. The molecule has 0 aliphatic heterocycles. The summed E-state index contributed by atoms with van der Waals surface area (Å²) >= 11 is 0. The number of rotatable bonds is 18. The third-order valence-corrected chi connectivity index (χ3v) is 11.0. The third kappa shape index (κ3) is 8.26. The Kier molecular flexibility index (Phi) is 11.5. The number of phenolic OH excluding ortho intramolecular Hbond substituents is 1. The zero-order chi connectivity index (χ0) is 36.3. The maximum absolute atomic E-state index is 13.8. The van der Waals surface area contributed by atoms with E-state index in [0.29, 0.717) is 18.2 Å². The van der Waals surface area contributed by atoms with Crippen LogP contribution < -0.4 is 25.6 Å². The Hall–Kier alpha value is -4.39. The zero-order valence-electron chi connectivity index (χ0n) is 26.6. The minimum Gasteiger partial charge on any atom is -0.507 e. The van der Waals surface area contributed by atoms with Crippen LogP contribution in [0.25, 0.3) is 32.3 Å². The maximum atomic E-state index is 13.8. The van der Waals surface area contributed by atoms with E-state index in [1.54, 1.807) is 0 Å². The van der Waals surface area contributed by atoms with Crippen LogP contribution in [-0.2, 0) is 34.4 Å². The van der Waals surface area contributed by atoms with Gasteiger partial charge in [-0.3, -0.25) is 9.59 Å². The van der Waals surface area contributed by atoms with Crippen LogP contribution in [-0.4, -0.2) is 75.2 Å². The summed E-state index contributed by atoms with van der Waals surface area (Å²) in [4.78, 5) is 33.7. The molecule has 0 saturated heterocycles. The smallest absolute Gasteiger partial charge is 0.338 e. The van der Waals surface area contributed by atoms with Crippen LogP contribution in [0.15, 0.2) is 58.3 Å². The lowest BCUT2D eigenvalue weighted by atomic mass is 9.93. The van der Waals surface area contributed by atoms with Crippen molar-refractivity contribution >= 4 is 70.3 Å². The number of nitrogens with one attached hydrogen (secondary N) is 2. The molecule has 2 unspecified atom stereocenters. The van der Waals surface area contributed by atoms with Crippen LogP contribution in [0.1, 0.15) is 45.4 Å². The van der Waals surface area contributed by atoms with Gasteiger partial charge in [-0.25, -0.2) is 31.1 Å². The number of phenols is 1. The van der Waals surface area contributed by atoms with Crippen molar-refractivity contribution in [3.05, 3.63) is 48.6 Å². The highest BCUT2D eigenvalue weighted by Crippen LogP contribution is 2.46. The van der Waals surface area contributed by atoms with E-state index in [-0.39, 0.29) is 92.6 Å². The monoisotopic (exact) mass is 718 g/mol. The summed E-state index contributed by atoms with van der Waals surface area (Å²) in [6.07, 6.45) is 1.34. The van der Waals surface area contributed by atoms with Gasteiger partial charge in [0.1, 0.15) is 23.6 Å². The highest BCUT2D eigenvalue weighted by molar-refractivity contribution is 7.90. The number of carboxylic acids is 2. The van der Waals surface area contributed by atoms with Gasteiger partial charge in [-0.05, 0) is 50.8 Å². The molecule has 17 heteroatoms.